The fourth-order valence-corrected chi connectivity index (χ4v) is 2.79. The third-order valence-electron chi connectivity index (χ3n) is 4.45. The summed E-state index contributed by atoms with van der Waals surface area (Å²) in [6.07, 6.45) is 4.62. The number of aryl methyl sites for hydroxylation is 1. The molecule has 0 bridgehead atoms. The minimum absolute atomic E-state index is 0.220. The van der Waals surface area contributed by atoms with Gasteiger partial charge in [0.15, 0.2) is 0 Å². The first-order valence-corrected chi connectivity index (χ1v) is 7.77. The van der Waals surface area contributed by atoms with E-state index in [4.69, 9.17) is 0 Å². The lowest BCUT2D eigenvalue weighted by Crippen LogP contribution is -2.29. The van der Waals surface area contributed by atoms with Crippen LogP contribution in [0, 0.1) is 24.6 Å². The zero-order chi connectivity index (χ0) is 14.3. The number of rotatable bonds is 6. The molecular weight excluding hydrogens is 253 g/mol. The van der Waals surface area contributed by atoms with Crippen LogP contribution in [-0.4, -0.2) is 18.2 Å². The monoisotopic (exact) mass is 277 g/mol. The lowest BCUT2D eigenvalue weighted by atomic mass is 10.0. The van der Waals surface area contributed by atoms with Gasteiger partial charge in [-0.3, -0.25) is 0 Å². The maximum atomic E-state index is 13.8. The molecule has 2 fully saturated rings. The van der Waals surface area contributed by atoms with Crippen LogP contribution in [0.1, 0.15) is 49.8 Å². The van der Waals surface area contributed by atoms with Gasteiger partial charge in [0.25, 0.3) is 0 Å². The van der Waals surface area contributed by atoms with E-state index >= 15 is 0 Å². The van der Waals surface area contributed by atoms with E-state index in [1.807, 2.05) is 6.07 Å². The molecule has 0 unspecified atom stereocenters. The van der Waals surface area contributed by atoms with E-state index in [1.165, 1.54) is 31.7 Å². The molecule has 0 spiro atoms. The number of nitrogens with zero attached hydrogens (tertiary/aromatic N) is 1. The van der Waals surface area contributed by atoms with E-state index in [9.17, 15) is 9.50 Å². The molecule has 0 amide bonds. The first-order valence-electron chi connectivity index (χ1n) is 7.77. The second-order valence-corrected chi connectivity index (χ2v) is 6.63. The molecular formula is C17H24FNO. The Kier molecular flexibility index (Phi) is 3.72. The summed E-state index contributed by atoms with van der Waals surface area (Å²) in [5.74, 6) is 1.37. The smallest absolute Gasteiger partial charge is 0.126 e. The zero-order valence-electron chi connectivity index (χ0n) is 12.4. The number of hydrogen-bond donors (Lipinski definition) is 1. The highest BCUT2D eigenvalue weighted by Gasteiger charge is 2.30. The first kappa shape index (κ1) is 13.9. The van der Waals surface area contributed by atoms with Crippen LogP contribution in [0.3, 0.4) is 0 Å². The minimum Gasteiger partial charge on any atom is -0.389 e. The Morgan fingerprint density at radius 1 is 1.20 bits per heavy atom. The van der Waals surface area contributed by atoms with Gasteiger partial charge in [-0.1, -0.05) is 0 Å². The first-order chi connectivity index (χ1) is 9.54. The van der Waals surface area contributed by atoms with Crippen molar-refractivity contribution in [3.8, 4) is 0 Å². The number of aliphatic hydroxyl groups is 1. The summed E-state index contributed by atoms with van der Waals surface area (Å²) in [5, 5.41) is 9.97. The number of hydrogen-bond acceptors (Lipinski definition) is 2. The summed E-state index contributed by atoms with van der Waals surface area (Å²) in [7, 11) is 0. The van der Waals surface area contributed by atoms with Gasteiger partial charge < -0.3 is 10.0 Å². The van der Waals surface area contributed by atoms with Crippen molar-refractivity contribution in [3.05, 3.63) is 29.1 Å². The molecule has 1 atom stereocenters. The van der Waals surface area contributed by atoms with Crippen LogP contribution in [0.5, 0.6) is 0 Å². The normalized spacial score (nSPS) is 20.0. The van der Waals surface area contributed by atoms with Gasteiger partial charge in [0.2, 0.25) is 0 Å². The summed E-state index contributed by atoms with van der Waals surface area (Å²) in [6, 6.07) is 3.43. The number of halogens is 1. The summed E-state index contributed by atoms with van der Waals surface area (Å²) >= 11 is 0. The number of anilines is 1. The van der Waals surface area contributed by atoms with E-state index in [1.54, 1.807) is 13.8 Å². The Balaban J connectivity index is 1.91. The average molecular weight is 277 g/mol. The van der Waals surface area contributed by atoms with Crippen LogP contribution in [0.2, 0.25) is 0 Å². The standard InChI is InChI=1S/C17H24FNO/c1-11-7-17(15(12(2)20)8-16(11)18)19(9-13-3-4-13)10-14-5-6-14/h7-8,12-14,20H,3-6,9-10H2,1-2H3/t12-/m1/s1. The van der Waals surface area contributed by atoms with E-state index in [2.05, 4.69) is 4.90 Å². The second kappa shape index (κ2) is 5.36. The summed E-state index contributed by atoms with van der Waals surface area (Å²) in [5.41, 5.74) is 2.44. The van der Waals surface area contributed by atoms with E-state index in [0.29, 0.717) is 5.56 Å². The molecule has 0 aliphatic heterocycles. The Bertz CT molecular complexity index is 478. The molecule has 3 heteroatoms. The Morgan fingerprint density at radius 2 is 1.75 bits per heavy atom. The molecule has 0 radical (unpaired) electrons. The van der Waals surface area contributed by atoms with Gasteiger partial charge in [0.05, 0.1) is 6.10 Å². The van der Waals surface area contributed by atoms with Crippen molar-refractivity contribution in [2.45, 2.75) is 45.6 Å². The summed E-state index contributed by atoms with van der Waals surface area (Å²) in [4.78, 5) is 2.39. The van der Waals surface area contributed by atoms with Crippen LogP contribution in [0.25, 0.3) is 0 Å². The maximum Gasteiger partial charge on any atom is 0.126 e. The minimum atomic E-state index is -0.624. The van der Waals surface area contributed by atoms with Gasteiger partial charge in [0.1, 0.15) is 5.82 Å². The maximum absolute atomic E-state index is 13.8. The SMILES string of the molecule is Cc1cc(N(CC2CC2)CC2CC2)c([C@@H](C)O)cc1F. The topological polar surface area (TPSA) is 23.5 Å². The molecule has 0 aromatic heterocycles. The number of aliphatic hydroxyl groups excluding tert-OH is 1. The fourth-order valence-electron chi connectivity index (χ4n) is 2.79. The Hall–Kier alpha value is -1.09. The average Bonchev–Trinajstić information content (AvgIpc) is 3.26. The highest BCUT2D eigenvalue weighted by Crippen LogP contribution is 2.38. The molecule has 1 aromatic carbocycles. The van der Waals surface area contributed by atoms with E-state index in [0.717, 1.165) is 36.2 Å². The quantitative estimate of drug-likeness (QED) is 0.854. The van der Waals surface area contributed by atoms with Crippen molar-refractivity contribution in [2.24, 2.45) is 11.8 Å². The molecule has 110 valence electrons. The van der Waals surface area contributed by atoms with Crippen LogP contribution in [-0.2, 0) is 0 Å². The van der Waals surface area contributed by atoms with Crippen molar-refractivity contribution in [1.29, 1.82) is 0 Å². The van der Waals surface area contributed by atoms with Crippen LogP contribution in [0.15, 0.2) is 12.1 Å². The molecule has 3 rings (SSSR count). The molecule has 2 aliphatic carbocycles. The van der Waals surface area contributed by atoms with Gasteiger partial charge in [-0.05, 0) is 69.1 Å². The van der Waals surface area contributed by atoms with Crippen molar-refractivity contribution in [2.75, 3.05) is 18.0 Å². The third kappa shape index (κ3) is 3.14. The Morgan fingerprint density at radius 3 is 2.20 bits per heavy atom. The molecule has 20 heavy (non-hydrogen) atoms. The van der Waals surface area contributed by atoms with Gasteiger partial charge >= 0.3 is 0 Å². The lowest BCUT2D eigenvalue weighted by molar-refractivity contribution is 0.199. The van der Waals surface area contributed by atoms with Crippen molar-refractivity contribution >= 4 is 5.69 Å². The highest BCUT2D eigenvalue weighted by molar-refractivity contribution is 5.57. The molecule has 1 N–H and O–H groups in total. The lowest BCUT2D eigenvalue weighted by Gasteiger charge is -2.29. The summed E-state index contributed by atoms with van der Waals surface area (Å²) in [6.45, 7) is 5.64. The highest BCUT2D eigenvalue weighted by atomic mass is 19.1. The van der Waals surface area contributed by atoms with Crippen molar-refractivity contribution < 1.29 is 9.50 Å². The third-order valence-corrected chi connectivity index (χ3v) is 4.45. The van der Waals surface area contributed by atoms with Crippen LogP contribution in [0.4, 0.5) is 10.1 Å². The van der Waals surface area contributed by atoms with Gasteiger partial charge in [-0.25, -0.2) is 4.39 Å². The van der Waals surface area contributed by atoms with Crippen LogP contribution < -0.4 is 4.90 Å². The molecule has 0 saturated heterocycles. The predicted molar refractivity (Wildman–Crippen MR) is 79.4 cm³/mol. The molecule has 2 nitrogen and oxygen atoms in total. The molecule has 2 aliphatic rings. The molecule has 1 aromatic rings. The van der Waals surface area contributed by atoms with Gasteiger partial charge in [0, 0.05) is 24.3 Å². The van der Waals surface area contributed by atoms with Crippen molar-refractivity contribution in [1.82, 2.24) is 0 Å². The fraction of sp³-hybridized carbons (Fsp3) is 0.647. The number of benzene rings is 1. The predicted octanol–water partition coefficient (Wildman–Crippen LogP) is 3.81. The van der Waals surface area contributed by atoms with Crippen LogP contribution >= 0.6 is 0 Å². The zero-order valence-corrected chi connectivity index (χ0v) is 12.4. The largest absolute Gasteiger partial charge is 0.389 e. The van der Waals surface area contributed by atoms with E-state index < -0.39 is 6.10 Å². The van der Waals surface area contributed by atoms with Gasteiger partial charge in [-0.15, -0.1) is 0 Å². The summed E-state index contributed by atoms with van der Waals surface area (Å²) < 4.78 is 13.8. The van der Waals surface area contributed by atoms with Crippen molar-refractivity contribution in [3.63, 3.8) is 0 Å². The second-order valence-electron chi connectivity index (χ2n) is 6.63. The molecule has 2 saturated carbocycles. The molecule has 0 heterocycles. The van der Waals surface area contributed by atoms with E-state index in [-0.39, 0.29) is 5.82 Å². The van der Waals surface area contributed by atoms with Gasteiger partial charge in [-0.2, -0.15) is 0 Å². The Labute approximate surface area is 120 Å².